The molecule has 166 valence electrons. The fraction of sp³-hybridized carbons (Fsp3) is 0.107. The number of aromatic amines is 1. The van der Waals surface area contributed by atoms with E-state index < -0.39 is 6.04 Å². The van der Waals surface area contributed by atoms with Gasteiger partial charge in [0.2, 0.25) is 0 Å². The van der Waals surface area contributed by atoms with E-state index in [0.717, 1.165) is 44.4 Å². The number of carbonyl (C=O) groups excluding carboxylic acids is 1. The molecule has 1 aromatic heterocycles. The summed E-state index contributed by atoms with van der Waals surface area (Å²) in [4.78, 5) is 29.2. The molecule has 1 aliphatic rings. The Morgan fingerprint density at radius 1 is 0.853 bits per heavy atom. The van der Waals surface area contributed by atoms with Gasteiger partial charge in [0.25, 0.3) is 0 Å². The van der Waals surface area contributed by atoms with Crippen molar-refractivity contribution in [3.63, 3.8) is 0 Å². The second kappa shape index (κ2) is 7.85. The summed E-state index contributed by atoms with van der Waals surface area (Å²) in [6.45, 7) is 0. The zero-order valence-corrected chi connectivity index (χ0v) is 18.3. The summed E-state index contributed by atoms with van der Waals surface area (Å²) in [5.41, 5.74) is 4.54. The molecule has 0 radical (unpaired) electrons. The Kier molecular flexibility index (Phi) is 4.66. The van der Waals surface area contributed by atoms with Gasteiger partial charge >= 0.3 is 11.7 Å². The van der Waals surface area contributed by atoms with Gasteiger partial charge in [-0.25, -0.2) is 4.79 Å². The number of phenolic OH excluding ortho intramolecular Hbond substituents is 1. The van der Waals surface area contributed by atoms with Crippen molar-refractivity contribution in [2.45, 2.75) is 18.9 Å². The quantitative estimate of drug-likeness (QED) is 0.287. The third-order valence-electron chi connectivity index (χ3n) is 6.42. The number of aromatic nitrogens is 2. The zero-order valence-electron chi connectivity index (χ0n) is 18.3. The van der Waals surface area contributed by atoms with Gasteiger partial charge in [0.05, 0.1) is 5.52 Å². The minimum atomic E-state index is -0.433. The van der Waals surface area contributed by atoms with Crippen LogP contribution in [0.1, 0.15) is 21.6 Å². The van der Waals surface area contributed by atoms with E-state index in [0.29, 0.717) is 12.8 Å². The second-order valence-corrected chi connectivity index (χ2v) is 8.70. The molecule has 6 heteroatoms. The van der Waals surface area contributed by atoms with Gasteiger partial charge in [-0.2, -0.15) is 4.57 Å². The molecule has 0 amide bonds. The van der Waals surface area contributed by atoms with Crippen molar-refractivity contribution in [1.29, 1.82) is 0 Å². The lowest BCUT2D eigenvalue weighted by Gasteiger charge is -2.10. The SMILES string of the molecule is O=C1C(Cc2ccc(O)cc2)Nc2c(Cc3ccccc3)[nH]c3c4ccc(=O)cc4ccc3[n+]21. The molecule has 1 aliphatic heterocycles. The Labute approximate surface area is 195 Å². The number of carbonyl (C=O) groups is 1. The van der Waals surface area contributed by atoms with Gasteiger partial charge < -0.3 is 10.1 Å². The molecule has 6 nitrogen and oxygen atoms in total. The highest BCUT2D eigenvalue weighted by atomic mass is 16.3. The number of benzene rings is 4. The van der Waals surface area contributed by atoms with Crippen molar-refractivity contribution < 1.29 is 14.5 Å². The summed E-state index contributed by atoms with van der Waals surface area (Å²) in [7, 11) is 0. The van der Waals surface area contributed by atoms with Gasteiger partial charge in [0, 0.05) is 18.2 Å². The Morgan fingerprint density at radius 2 is 1.65 bits per heavy atom. The summed E-state index contributed by atoms with van der Waals surface area (Å²) < 4.78 is 1.76. The molecule has 0 fully saturated rings. The molecule has 34 heavy (non-hydrogen) atoms. The monoisotopic (exact) mass is 448 g/mol. The van der Waals surface area contributed by atoms with Gasteiger partial charge in [-0.15, -0.1) is 0 Å². The molecule has 0 saturated carbocycles. The number of hydrogen-bond donors (Lipinski definition) is 3. The molecular formula is C28H22N3O3+. The highest BCUT2D eigenvalue weighted by Crippen LogP contribution is 2.28. The van der Waals surface area contributed by atoms with Crippen LogP contribution in [0.3, 0.4) is 0 Å². The number of nitrogens with zero attached hydrogens (tertiary/aromatic N) is 1. The van der Waals surface area contributed by atoms with Crippen LogP contribution < -0.4 is 15.3 Å². The maximum absolute atomic E-state index is 13.7. The first-order valence-electron chi connectivity index (χ1n) is 11.2. The van der Waals surface area contributed by atoms with Crippen LogP contribution in [0.15, 0.2) is 89.7 Å². The van der Waals surface area contributed by atoms with Gasteiger partial charge in [-0.1, -0.05) is 42.5 Å². The van der Waals surface area contributed by atoms with Crippen molar-refractivity contribution in [3.8, 4) is 5.75 Å². The van der Waals surface area contributed by atoms with E-state index in [1.54, 1.807) is 28.8 Å². The topological polar surface area (TPSA) is 86.1 Å². The van der Waals surface area contributed by atoms with Gasteiger partial charge in [0.15, 0.2) is 17.0 Å². The average molecular weight is 449 g/mol. The van der Waals surface area contributed by atoms with Crippen molar-refractivity contribution in [3.05, 3.63) is 112 Å². The third-order valence-corrected chi connectivity index (χ3v) is 6.42. The number of anilines is 1. The maximum Gasteiger partial charge on any atom is 0.359 e. The molecule has 5 aromatic rings. The molecule has 6 rings (SSSR count). The molecule has 0 spiro atoms. The third kappa shape index (κ3) is 3.40. The number of aromatic hydroxyl groups is 1. The van der Waals surface area contributed by atoms with Crippen molar-refractivity contribution in [2.75, 3.05) is 5.32 Å². The smallest absolute Gasteiger partial charge is 0.359 e. The molecular weight excluding hydrogens is 426 g/mol. The largest absolute Gasteiger partial charge is 0.508 e. The lowest BCUT2D eigenvalue weighted by Crippen LogP contribution is -2.44. The van der Waals surface area contributed by atoms with E-state index in [-0.39, 0.29) is 17.1 Å². The molecule has 2 heterocycles. The van der Waals surface area contributed by atoms with Crippen LogP contribution >= 0.6 is 0 Å². The Hall–Kier alpha value is -4.45. The highest BCUT2D eigenvalue weighted by Gasteiger charge is 2.42. The van der Waals surface area contributed by atoms with E-state index in [9.17, 15) is 14.7 Å². The number of phenols is 1. The first-order chi connectivity index (χ1) is 16.6. The predicted octanol–water partition coefficient (Wildman–Crippen LogP) is 3.94. The standard InChI is InChI=1S/C28H21N3O3/c32-20-9-6-18(7-10-20)15-24-28(34)31-25-13-8-19-16-21(33)11-12-22(19)26(25)29-23(27(31)30-24)14-17-4-2-1-3-5-17/h1-13,16,24,32-33H,14-15H2/p+1. The lowest BCUT2D eigenvalue weighted by molar-refractivity contribution is -0.524. The van der Waals surface area contributed by atoms with E-state index in [1.165, 1.54) is 0 Å². The van der Waals surface area contributed by atoms with Gasteiger partial charge in [-0.3, -0.25) is 10.1 Å². The summed E-state index contributed by atoms with van der Waals surface area (Å²) in [6, 6.07) is 25.4. The van der Waals surface area contributed by atoms with Gasteiger partial charge in [0.1, 0.15) is 11.4 Å². The molecule has 0 bridgehead atoms. The summed E-state index contributed by atoms with van der Waals surface area (Å²) in [5, 5.41) is 14.8. The van der Waals surface area contributed by atoms with Crippen molar-refractivity contribution in [1.82, 2.24) is 4.98 Å². The van der Waals surface area contributed by atoms with Crippen LogP contribution in [0.25, 0.3) is 21.8 Å². The fourth-order valence-electron chi connectivity index (χ4n) is 4.78. The molecule has 1 unspecified atom stereocenters. The molecule has 4 aromatic carbocycles. The van der Waals surface area contributed by atoms with E-state index in [4.69, 9.17) is 0 Å². The molecule has 0 aliphatic carbocycles. The first-order valence-corrected chi connectivity index (χ1v) is 11.2. The summed E-state index contributed by atoms with van der Waals surface area (Å²) in [6.07, 6.45) is 1.12. The minimum absolute atomic E-state index is 0.0313. The van der Waals surface area contributed by atoms with Gasteiger partial charge in [-0.05, 0) is 59.0 Å². The van der Waals surface area contributed by atoms with E-state index in [1.807, 2.05) is 48.5 Å². The van der Waals surface area contributed by atoms with Crippen LogP contribution in [-0.2, 0) is 12.8 Å². The average Bonchev–Trinajstić information content (AvgIpc) is 3.17. The van der Waals surface area contributed by atoms with Crippen LogP contribution in [0.2, 0.25) is 0 Å². The molecule has 0 saturated heterocycles. The summed E-state index contributed by atoms with van der Waals surface area (Å²) >= 11 is 0. The molecule has 1 atom stereocenters. The van der Waals surface area contributed by atoms with E-state index >= 15 is 0 Å². The number of nitrogens with one attached hydrogen (secondary N) is 2. The lowest BCUT2D eigenvalue weighted by atomic mass is 10.1. The van der Waals surface area contributed by atoms with Crippen LogP contribution in [-0.4, -0.2) is 22.0 Å². The number of hydrogen-bond acceptors (Lipinski definition) is 4. The van der Waals surface area contributed by atoms with E-state index in [2.05, 4.69) is 22.4 Å². The Bertz CT molecular complexity index is 1620. The van der Waals surface area contributed by atoms with Crippen LogP contribution in [0.5, 0.6) is 5.75 Å². The number of H-pyrrole nitrogens is 1. The predicted molar refractivity (Wildman–Crippen MR) is 131 cm³/mol. The van der Waals surface area contributed by atoms with Crippen molar-refractivity contribution in [2.24, 2.45) is 0 Å². The number of rotatable bonds is 4. The highest BCUT2D eigenvalue weighted by molar-refractivity contribution is 6.04. The van der Waals surface area contributed by atoms with Crippen LogP contribution in [0.4, 0.5) is 5.82 Å². The minimum Gasteiger partial charge on any atom is -0.508 e. The first kappa shape index (κ1) is 20.2. The second-order valence-electron chi connectivity index (χ2n) is 8.70. The summed E-state index contributed by atoms with van der Waals surface area (Å²) in [5.74, 6) is 0.923. The Morgan fingerprint density at radius 3 is 2.44 bits per heavy atom. The Balaban J connectivity index is 1.52. The maximum atomic E-state index is 13.7. The fourth-order valence-corrected chi connectivity index (χ4v) is 4.78. The van der Waals surface area contributed by atoms with Crippen LogP contribution in [0, 0.1) is 0 Å². The van der Waals surface area contributed by atoms with Crippen molar-refractivity contribution >= 4 is 33.5 Å². The number of fused-ring (bicyclic) bond motifs is 5. The zero-order chi connectivity index (χ0) is 23.2. The normalized spacial score (nSPS) is 14.9. The molecule has 3 N–H and O–H groups in total.